The summed E-state index contributed by atoms with van der Waals surface area (Å²) in [4.78, 5) is 15.7. The van der Waals surface area contributed by atoms with Crippen LogP contribution in [0.3, 0.4) is 0 Å². The van der Waals surface area contributed by atoms with Gasteiger partial charge in [0.1, 0.15) is 0 Å². The van der Waals surface area contributed by atoms with Crippen molar-refractivity contribution in [3.63, 3.8) is 0 Å². The number of benzene rings is 2. The van der Waals surface area contributed by atoms with Crippen LogP contribution in [0.15, 0.2) is 73.1 Å². The fourth-order valence-corrected chi connectivity index (χ4v) is 3.42. The Kier molecular flexibility index (Phi) is 4.65. The van der Waals surface area contributed by atoms with Gasteiger partial charge in [-0.1, -0.05) is 48.0 Å². The third kappa shape index (κ3) is 3.71. The molecular formula is C22H17ClN2O2. The second kappa shape index (κ2) is 7.25. The Morgan fingerprint density at radius 2 is 1.85 bits per heavy atom. The van der Waals surface area contributed by atoms with Crippen molar-refractivity contribution in [2.75, 3.05) is 0 Å². The first-order valence-corrected chi connectivity index (χ1v) is 8.97. The van der Waals surface area contributed by atoms with E-state index in [1.165, 1.54) is 17.8 Å². The van der Waals surface area contributed by atoms with Crippen molar-refractivity contribution >= 4 is 28.5 Å². The van der Waals surface area contributed by atoms with E-state index in [0.717, 1.165) is 23.0 Å². The fraction of sp³-hybridized carbons (Fsp3) is 0.0909. The third-order valence-corrected chi connectivity index (χ3v) is 4.78. The maximum absolute atomic E-state index is 11.5. The lowest BCUT2D eigenvalue weighted by Gasteiger charge is -2.08. The second-order valence-corrected chi connectivity index (χ2v) is 6.89. The van der Waals surface area contributed by atoms with Crippen molar-refractivity contribution in [2.24, 2.45) is 0 Å². The molecule has 134 valence electrons. The number of carboxylic acids is 1. The topological polar surface area (TPSA) is 55.1 Å². The van der Waals surface area contributed by atoms with Crippen LogP contribution in [0.1, 0.15) is 27.2 Å². The Balaban J connectivity index is 1.63. The molecule has 2 aromatic carbocycles. The van der Waals surface area contributed by atoms with Gasteiger partial charge in [-0.15, -0.1) is 0 Å². The molecule has 27 heavy (non-hydrogen) atoms. The highest BCUT2D eigenvalue weighted by molar-refractivity contribution is 6.30. The molecule has 0 aliphatic rings. The van der Waals surface area contributed by atoms with E-state index in [1.54, 1.807) is 0 Å². The van der Waals surface area contributed by atoms with Crippen LogP contribution in [0.25, 0.3) is 10.9 Å². The summed E-state index contributed by atoms with van der Waals surface area (Å²) in [6.45, 7) is 0.811. The van der Waals surface area contributed by atoms with Crippen LogP contribution in [0.5, 0.6) is 0 Å². The maximum atomic E-state index is 11.5. The number of aromatic carboxylic acids is 1. The molecule has 0 radical (unpaired) electrons. The van der Waals surface area contributed by atoms with Crippen LogP contribution in [-0.2, 0) is 13.0 Å². The minimum atomic E-state index is -1.02. The van der Waals surface area contributed by atoms with Crippen molar-refractivity contribution < 1.29 is 9.90 Å². The summed E-state index contributed by atoms with van der Waals surface area (Å²) < 4.78 is 2.21. The lowest BCUT2D eigenvalue weighted by molar-refractivity contribution is 0.0695. The van der Waals surface area contributed by atoms with Gasteiger partial charge in [-0.2, -0.15) is 0 Å². The molecule has 2 aromatic heterocycles. The molecule has 0 amide bonds. The van der Waals surface area contributed by atoms with Gasteiger partial charge in [0.05, 0.1) is 16.3 Å². The summed E-state index contributed by atoms with van der Waals surface area (Å²) in [7, 11) is 0. The van der Waals surface area contributed by atoms with Crippen molar-refractivity contribution in [3.05, 3.63) is 100 Å². The highest BCUT2D eigenvalue weighted by atomic mass is 35.5. The van der Waals surface area contributed by atoms with Crippen molar-refractivity contribution in [3.8, 4) is 0 Å². The van der Waals surface area contributed by atoms with Crippen LogP contribution in [0, 0.1) is 0 Å². The Bertz CT molecular complexity index is 1120. The molecule has 0 atom stereocenters. The number of hydrogen-bond donors (Lipinski definition) is 1. The quantitative estimate of drug-likeness (QED) is 0.531. The zero-order chi connectivity index (χ0) is 18.8. The minimum absolute atomic E-state index is 0.143. The molecule has 0 aliphatic heterocycles. The molecule has 0 fully saturated rings. The van der Waals surface area contributed by atoms with E-state index in [2.05, 4.69) is 46.1 Å². The first-order chi connectivity index (χ1) is 13.1. The first-order valence-electron chi connectivity index (χ1n) is 8.59. The number of aromatic nitrogens is 2. The molecule has 0 spiro atoms. The SMILES string of the molecule is O=C(O)c1cc(Cl)cnc1Cc1ccc2c(ccn2Cc2ccccc2)c1. The van der Waals surface area contributed by atoms with Gasteiger partial charge in [0, 0.05) is 30.9 Å². The van der Waals surface area contributed by atoms with E-state index in [-0.39, 0.29) is 5.56 Å². The van der Waals surface area contributed by atoms with Crippen LogP contribution >= 0.6 is 11.6 Å². The predicted molar refractivity (Wildman–Crippen MR) is 106 cm³/mol. The van der Waals surface area contributed by atoms with Crippen LogP contribution in [0.2, 0.25) is 5.02 Å². The van der Waals surface area contributed by atoms with Gasteiger partial charge >= 0.3 is 5.97 Å². The maximum Gasteiger partial charge on any atom is 0.337 e. The Morgan fingerprint density at radius 3 is 2.63 bits per heavy atom. The zero-order valence-corrected chi connectivity index (χ0v) is 15.2. The summed E-state index contributed by atoms with van der Waals surface area (Å²) in [6.07, 6.45) is 4.00. The number of carbonyl (C=O) groups is 1. The molecule has 1 N–H and O–H groups in total. The minimum Gasteiger partial charge on any atom is -0.478 e. The van der Waals surface area contributed by atoms with E-state index in [4.69, 9.17) is 11.6 Å². The summed E-state index contributed by atoms with van der Waals surface area (Å²) in [6, 6.07) is 20.0. The Hall–Kier alpha value is -3.11. The van der Waals surface area contributed by atoms with Crippen LogP contribution < -0.4 is 0 Å². The van der Waals surface area contributed by atoms with Gasteiger partial charge < -0.3 is 9.67 Å². The van der Waals surface area contributed by atoms with Gasteiger partial charge in [0.25, 0.3) is 0 Å². The van der Waals surface area contributed by atoms with Gasteiger partial charge in [-0.25, -0.2) is 4.79 Å². The lowest BCUT2D eigenvalue weighted by Crippen LogP contribution is -2.05. The monoisotopic (exact) mass is 376 g/mol. The molecule has 4 rings (SSSR count). The number of nitrogens with zero attached hydrogens (tertiary/aromatic N) is 2. The molecule has 0 unspecified atom stereocenters. The van der Waals surface area contributed by atoms with Crippen molar-refractivity contribution in [2.45, 2.75) is 13.0 Å². The van der Waals surface area contributed by atoms with E-state index >= 15 is 0 Å². The van der Waals surface area contributed by atoms with Gasteiger partial charge in [0.2, 0.25) is 0 Å². The first kappa shape index (κ1) is 17.3. The van der Waals surface area contributed by atoms with Gasteiger partial charge in [0.15, 0.2) is 0 Å². The Morgan fingerprint density at radius 1 is 1.04 bits per heavy atom. The number of rotatable bonds is 5. The lowest BCUT2D eigenvalue weighted by atomic mass is 10.0. The molecule has 4 aromatic rings. The van der Waals surface area contributed by atoms with Gasteiger partial charge in [-0.05, 0) is 40.8 Å². The molecule has 4 nitrogen and oxygen atoms in total. The van der Waals surface area contributed by atoms with Crippen LogP contribution in [-0.4, -0.2) is 20.6 Å². The average molecular weight is 377 g/mol. The van der Waals surface area contributed by atoms with Crippen molar-refractivity contribution in [1.82, 2.24) is 9.55 Å². The normalized spacial score (nSPS) is 11.0. The number of pyridine rings is 1. The molecule has 2 heterocycles. The molecule has 0 aliphatic carbocycles. The molecule has 5 heteroatoms. The highest BCUT2D eigenvalue weighted by Crippen LogP contribution is 2.22. The number of fused-ring (bicyclic) bond motifs is 1. The summed E-state index contributed by atoms with van der Waals surface area (Å²) in [5.41, 5.74) is 4.05. The zero-order valence-electron chi connectivity index (χ0n) is 14.5. The highest BCUT2D eigenvalue weighted by Gasteiger charge is 2.13. The second-order valence-electron chi connectivity index (χ2n) is 6.45. The molecular weight excluding hydrogens is 360 g/mol. The van der Waals surface area contributed by atoms with E-state index in [9.17, 15) is 9.90 Å². The summed E-state index contributed by atoms with van der Waals surface area (Å²) in [5, 5.41) is 10.8. The Labute approximate surface area is 161 Å². The van der Waals surface area contributed by atoms with Crippen LogP contribution in [0.4, 0.5) is 0 Å². The summed E-state index contributed by atoms with van der Waals surface area (Å²) >= 11 is 5.88. The molecule has 0 bridgehead atoms. The molecule has 0 saturated carbocycles. The molecule has 0 saturated heterocycles. The standard InChI is InChI=1S/C22H17ClN2O2/c23-18-12-19(22(26)27)20(24-13-18)11-16-6-7-21-17(10-16)8-9-25(21)14-15-4-2-1-3-5-15/h1-10,12-13H,11,14H2,(H,26,27). The largest absolute Gasteiger partial charge is 0.478 e. The summed E-state index contributed by atoms with van der Waals surface area (Å²) in [5.74, 6) is -1.02. The van der Waals surface area contributed by atoms with Gasteiger partial charge in [-0.3, -0.25) is 4.98 Å². The number of halogens is 1. The number of carboxylic acid groups (broad SMARTS) is 1. The fourth-order valence-electron chi connectivity index (χ4n) is 3.26. The van der Waals surface area contributed by atoms with E-state index < -0.39 is 5.97 Å². The van der Waals surface area contributed by atoms with E-state index in [1.807, 2.05) is 24.3 Å². The average Bonchev–Trinajstić information content (AvgIpc) is 3.06. The van der Waals surface area contributed by atoms with E-state index in [0.29, 0.717) is 17.1 Å². The van der Waals surface area contributed by atoms with Crippen molar-refractivity contribution in [1.29, 1.82) is 0 Å². The predicted octanol–water partition coefficient (Wildman–Crippen LogP) is 5.03. The smallest absolute Gasteiger partial charge is 0.337 e. The number of hydrogen-bond acceptors (Lipinski definition) is 2. The third-order valence-electron chi connectivity index (χ3n) is 4.57.